The molecule has 0 amide bonds. The molecule has 128 valence electrons. The van der Waals surface area contributed by atoms with Gasteiger partial charge in [0.25, 0.3) is 0 Å². The monoisotopic (exact) mass is 348 g/mol. The van der Waals surface area contributed by atoms with Gasteiger partial charge in [0.2, 0.25) is 15.9 Å². The summed E-state index contributed by atoms with van der Waals surface area (Å²) in [6, 6.07) is 7.03. The minimum absolute atomic E-state index is 0.248. The van der Waals surface area contributed by atoms with Gasteiger partial charge in [0.05, 0.1) is 7.11 Å². The van der Waals surface area contributed by atoms with Crippen molar-refractivity contribution >= 4 is 10.0 Å². The van der Waals surface area contributed by atoms with Crippen LogP contribution in [0.3, 0.4) is 0 Å². The Morgan fingerprint density at radius 3 is 2.50 bits per heavy atom. The molecule has 3 heterocycles. The van der Waals surface area contributed by atoms with E-state index in [1.807, 2.05) is 12.1 Å². The molecule has 0 bridgehead atoms. The van der Waals surface area contributed by atoms with Crippen molar-refractivity contribution < 1.29 is 13.2 Å². The van der Waals surface area contributed by atoms with E-state index < -0.39 is 10.0 Å². The van der Waals surface area contributed by atoms with E-state index in [0.717, 1.165) is 12.1 Å². The second kappa shape index (κ2) is 7.25. The molecule has 3 rings (SSSR count). The molecular formula is C16H20N4O3S. The van der Waals surface area contributed by atoms with Crippen LogP contribution in [0.5, 0.6) is 5.88 Å². The van der Waals surface area contributed by atoms with E-state index in [1.165, 1.54) is 10.5 Å². The van der Waals surface area contributed by atoms with Gasteiger partial charge in [-0.3, -0.25) is 9.88 Å². The number of ether oxygens (including phenoxy) is 1. The van der Waals surface area contributed by atoms with E-state index >= 15 is 0 Å². The molecule has 1 aliphatic heterocycles. The van der Waals surface area contributed by atoms with Crippen molar-refractivity contribution in [2.24, 2.45) is 0 Å². The van der Waals surface area contributed by atoms with Crippen LogP contribution in [0, 0.1) is 0 Å². The first kappa shape index (κ1) is 16.8. The van der Waals surface area contributed by atoms with Crippen molar-refractivity contribution in [3.8, 4) is 5.88 Å². The number of sulfonamides is 1. The first-order chi connectivity index (χ1) is 11.6. The Kier molecular flexibility index (Phi) is 5.08. The minimum atomic E-state index is -3.45. The summed E-state index contributed by atoms with van der Waals surface area (Å²) in [7, 11) is -1.86. The fourth-order valence-corrected chi connectivity index (χ4v) is 4.05. The molecule has 0 spiro atoms. The Morgan fingerprint density at radius 2 is 1.92 bits per heavy atom. The summed E-state index contributed by atoms with van der Waals surface area (Å²) in [4.78, 5) is 10.6. The van der Waals surface area contributed by atoms with Crippen molar-refractivity contribution in [3.63, 3.8) is 0 Å². The van der Waals surface area contributed by atoms with E-state index in [1.54, 1.807) is 31.6 Å². The molecule has 0 radical (unpaired) electrons. The number of nitrogens with zero attached hydrogens (tertiary/aromatic N) is 4. The molecule has 24 heavy (non-hydrogen) atoms. The molecular weight excluding hydrogens is 328 g/mol. The molecule has 1 saturated heterocycles. The van der Waals surface area contributed by atoms with Crippen LogP contribution in [-0.4, -0.2) is 60.9 Å². The molecule has 2 aromatic heterocycles. The lowest BCUT2D eigenvalue weighted by Gasteiger charge is -2.33. The standard InChI is InChI=1S/C16H20N4O3S/c1-23-16-5-4-14(11-18-16)13-19-7-9-20(10-8-19)24(21,22)15-3-2-6-17-12-15/h2-6,11-12H,7-10,13H2,1H3. The Morgan fingerprint density at radius 1 is 1.12 bits per heavy atom. The zero-order chi connectivity index (χ0) is 17.0. The zero-order valence-electron chi connectivity index (χ0n) is 13.5. The average Bonchev–Trinajstić information content (AvgIpc) is 2.63. The molecule has 7 nitrogen and oxygen atoms in total. The first-order valence-electron chi connectivity index (χ1n) is 7.71. The van der Waals surface area contributed by atoms with Crippen molar-refractivity contribution in [3.05, 3.63) is 48.4 Å². The number of hydrogen-bond acceptors (Lipinski definition) is 6. The van der Waals surface area contributed by atoms with E-state index in [0.29, 0.717) is 32.1 Å². The van der Waals surface area contributed by atoms with Crippen LogP contribution in [0.2, 0.25) is 0 Å². The topological polar surface area (TPSA) is 75.6 Å². The van der Waals surface area contributed by atoms with Crippen LogP contribution in [0.4, 0.5) is 0 Å². The van der Waals surface area contributed by atoms with E-state index in [4.69, 9.17) is 4.74 Å². The first-order valence-corrected chi connectivity index (χ1v) is 9.15. The maximum atomic E-state index is 12.6. The van der Waals surface area contributed by atoms with Crippen LogP contribution in [0.15, 0.2) is 47.8 Å². The Hall–Kier alpha value is -2.03. The van der Waals surface area contributed by atoms with E-state index in [2.05, 4.69) is 14.9 Å². The summed E-state index contributed by atoms with van der Waals surface area (Å²) in [5.74, 6) is 0.589. The highest BCUT2D eigenvalue weighted by atomic mass is 32.2. The number of methoxy groups -OCH3 is 1. The number of aromatic nitrogens is 2. The van der Waals surface area contributed by atoms with Gasteiger partial charge in [-0.05, 0) is 17.7 Å². The van der Waals surface area contributed by atoms with Crippen LogP contribution >= 0.6 is 0 Å². The molecule has 0 N–H and O–H groups in total. The molecule has 8 heteroatoms. The number of hydrogen-bond donors (Lipinski definition) is 0. The normalized spacial score (nSPS) is 16.9. The minimum Gasteiger partial charge on any atom is -0.481 e. The van der Waals surface area contributed by atoms with Gasteiger partial charge >= 0.3 is 0 Å². The number of piperazine rings is 1. The van der Waals surface area contributed by atoms with Crippen molar-refractivity contribution in [1.82, 2.24) is 19.2 Å². The Bertz CT molecular complexity index is 758. The zero-order valence-corrected chi connectivity index (χ0v) is 14.3. The van der Waals surface area contributed by atoms with Gasteiger partial charge in [-0.1, -0.05) is 6.07 Å². The van der Waals surface area contributed by atoms with Gasteiger partial charge in [-0.2, -0.15) is 4.31 Å². The highest BCUT2D eigenvalue weighted by molar-refractivity contribution is 7.89. The average molecular weight is 348 g/mol. The van der Waals surface area contributed by atoms with Crippen LogP contribution in [0.1, 0.15) is 5.56 Å². The lowest BCUT2D eigenvalue weighted by Crippen LogP contribution is -2.48. The molecule has 2 aromatic rings. The number of rotatable bonds is 5. The maximum absolute atomic E-state index is 12.6. The Labute approximate surface area is 142 Å². The second-order valence-electron chi connectivity index (χ2n) is 5.58. The van der Waals surface area contributed by atoms with Crippen LogP contribution in [-0.2, 0) is 16.6 Å². The fraction of sp³-hybridized carbons (Fsp3) is 0.375. The van der Waals surface area contributed by atoms with Gasteiger partial charge in [-0.15, -0.1) is 0 Å². The van der Waals surface area contributed by atoms with Crippen LogP contribution < -0.4 is 4.74 Å². The summed E-state index contributed by atoms with van der Waals surface area (Å²) in [6.07, 6.45) is 4.75. The quantitative estimate of drug-likeness (QED) is 0.802. The summed E-state index contributed by atoms with van der Waals surface area (Å²) in [5.41, 5.74) is 1.08. The molecule has 0 atom stereocenters. The highest BCUT2D eigenvalue weighted by Gasteiger charge is 2.28. The molecule has 1 aliphatic rings. The fourth-order valence-electron chi connectivity index (χ4n) is 2.66. The summed E-state index contributed by atoms with van der Waals surface area (Å²) >= 11 is 0. The summed E-state index contributed by atoms with van der Waals surface area (Å²) in [6.45, 7) is 3.07. The van der Waals surface area contributed by atoms with E-state index in [9.17, 15) is 8.42 Å². The Balaban J connectivity index is 1.59. The molecule has 0 unspecified atom stereocenters. The summed E-state index contributed by atoms with van der Waals surface area (Å²) < 4.78 is 31.7. The molecule has 0 saturated carbocycles. The van der Waals surface area contributed by atoms with Gasteiger partial charge in [0.1, 0.15) is 4.90 Å². The molecule has 1 fully saturated rings. The van der Waals surface area contributed by atoms with Gasteiger partial charge in [-0.25, -0.2) is 13.4 Å². The molecule has 0 aromatic carbocycles. The van der Waals surface area contributed by atoms with Crippen molar-refractivity contribution in [2.45, 2.75) is 11.4 Å². The third kappa shape index (κ3) is 3.72. The van der Waals surface area contributed by atoms with Crippen molar-refractivity contribution in [2.75, 3.05) is 33.3 Å². The van der Waals surface area contributed by atoms with E-state index in [-0.39, 0.29) is 4.90 Å². The second-order valence-corrected chi connectivity index (χ2v) is 7.52. The smallest absolute Gasteiger partial charge is 0.244 e. The lowest BCUT2D eigenvalue weighted by molar-refractivity contribution is 0.181. The third-order valence-electron chi connectivity index (χ3n) is 4.02. The predicted molar refractivity (Wildman–Crippen MR) is 89.1 cm³/mol. The van der Waals surface area contributed by atoms with Gasteiger partial charge < -0.3 is 4.74 Å². The molecule has 0 aliphatic carbocycles. The third-order valence-corrected chi connectivity index (χ3v) is 5.90. The van der Waals surface area contributed by atoms with Gasteiger partial charge in [0, 0.05) is 57.4 Å². The van der Waals surface area contributed by atoms with Crippen molar-refractivity contribution in [1.29, 1.82) is 0 Å². The van der Waals surface area contributed by atoms with Crippen LogP contribution in [0.25, 0.3) is 0 Å². The highest BCUT2D eigenvalue weighted by Crippen LogP contribution is 2.17. The largest absolute Gasteiger partial charge is 0.481 e. The SMILES string of the molecule is COc1ccc(CN2CCN(S(=O)(=O)c3cccnc3)CC2)cn1. The van der Waals surface area contributed by atoms with Gasteiger partial charge in [0.15, 0.2) is 0 Å². The predicted octanol–water partition coefficient (Wildman–Crippen LogP) is 0.992. The maximum Gasteiger partial charge on any atom is 0.244 e. The lowest BCUT2D eigenvalue weighted by atomic mass is 10.2. The number of pyridine rings is 2. The summed E-state index contributed by atoms with van der Waals surface area (Å²) in [5, 5.41) is 0.